The monoisotopic (exact) mass is 550 g/mol. The summed E-state index contributed by atoms with van der Waals surface area (Å²) >= 11 is 5.64. The third kappa shape index (κ3) is 4.57. The molecule has 0 aliphatic carbocycles. The molecule has 1 aromatic carbocycles. The molecule has 36 heavy (non-hydrogen) atoms. The zero-order chi connectivity index (χ0) is 26.6. The fourth-order valence-electron chi connectivity index (χ4n) is 3.35. The molecule has 0 aliphatic heterocycles. The Hall–Kier alpha value is -3.39. The van der Waals surface area contributed by atoms with Gasteiger partial charge in [-0.1, -0.05) is 24.6 Å². The molecule has 0 saturated heterocycles. The van der Waals surface area contributed by atoms with Gasteiger partial charge in [0.25, 0.3) is 0 Å². The molecule has 190 valence electrons. The highest BCUT2D eigenvalue weighted by Crippen LogP contribution is 2.38. The van der Waals surface area contributed by atoms with Crippen molar-refractivity contribution < 1.29 is 34.8 Å². The van der Waals surface area contributed by atoms with Gasteiger partial charge in [-0.25, -0.2) is 22.6 Å². The second kappa shape index (κ2) is 8.62. The van der Waals surface area contributed by atoms with Crippen LogP contribution in [0, 0.1) is 0 Å². The SMILES string of the molecule is CCS(=O)(=O)c1cc(-c2ccc(Cl)c(C(F)(F)F)c2)cnc1-n1nc2cc(C(F)(F)F)ccn2c1=O. The number of halogens is 7. The van der Waals surface area contributed by atoms with Gasteiger partial charge in [-0.3, -0.25) is 0 Å². The van der Waals surface area contributed by atoms with Crippen molar-refractivity contribution in [1.29, 1.82) is 0 Å². The summed E-state index contributed by atoms with van der Waals surface area (Å²) in [7, 11) is -4.14. The summed E-state index contributed by atoms with van der Waals surface area (Å²) < 4.78 is 106. The maximum Gasteiger partial charge on any atom is 0.417 e. The van der Waals surface area contributed by atoms with Crippen molar-refractivity contribution in [3.05, 3.63) is 75.4 Å². The minimum absolute atomic E-state index is 0.0379. The van der Waals surface area contributed by atoms with Crippen molar-refractivity contribution in [1.82, 2.24) is 19.2 Å². The Morgan fingerprint density at radius 3 is 2.28 bits per heavy atom. The van der Waals surface area contributed by atoms with Gasteiger partial charge in [0.05, 0.1) is 21.9 Å². The van der Waals surface area contributed by atoms with Gasteiger partial charge in [0.2, 0.25) is 0 Å². The lowest BCUT2D eigenvalue weighted by Crippen LogP contribution is -2.23. The first kappa shape index (κ1) is 25.7. The van der Waals surface area contributed by atoms with E-state index in [1.807, 2.05) is 0 Å². The van der Waals surface area contributed by atoms with Crippen molar-refractivity contribution in [2.75, 3.05) is 5.75 Å². The summed E-state index contributed by atoms with van der Waals surface area (Å²) in [6.45, 7) is 1.29. The zero-order valence-corrected chi connectivity index (χ0v) is 19.5. The maximum absolute atomic E-state index is 13.3. The highest BCUT2D eigenvalue weighted by atomic mass is 35.5. The smallest absolute Gasteiger partial charge is 0.250 e. The summed E-state index contributed by atoms with van der Waals surface area (Å²) in [5.74, 6) is -0.993. The van der Waals surface area contributed by atoms with E-state index in [1.165, 1.54) is 13.0 Å². The van der Waals surface area contributed by atoms with Crippen LogP contribution in [-0.4, -0.2) is 33.3 Å². The number of alkyl halides is 6. The molecule has 0 aliphatic rings. The van der Waals surface area contributed by atoms with Gasteiger partial charge in [-0.2, -0.15) is 31.0 Å². The van der Waals surface area contributed by atoms with Crippen LogP contribution in [-0.2, 0) is 22.2 Å². The van der Waals surface area contributed by atoms with Crippen molar-refractivity contribution in [2.45, 2.75) is 24.2 Å². The van der Waals surface area contributed by atoms with Crippen LogP contribution in [0.1, 0.15) is 18.1 Å². The van der Waals surface area contributed by atoms with Crippen molar-refractivity contribution >= 4 is 27.1 Å². The molecule has 3 aromatic heterocycles. The number of benzene rings is 1. The molecule has 3 heterocycles. The van der Waals surface area contributed by atoms with Gasteiger partial charge < -0.3 is 0 Å². The Balaban J connectivity index is 1.94. The zero-order valence-electron chi connectivity index (χ0n) is 17.9. The molecule has 15 heteroatoms. The normalized spacial score (nSPS) is 12.9. The van der Waals surface area contributed by atoms with Crippen molar-refractivity contribution in [3.63, 3.8) is 0 Å². The third-order valence-corrected chi connectivity index (χ3v) is 7.27. The molecule has 0 N–H and O–H groups in total. The fraction of sp³-hybridized carbons (Fsp3) is 0.190. The second-order valence-corrected chi connectivity index (χ2v) is 10.1. The Morgan fingerprint density at radius 2 is 1.67 bits per heavy atom. The highest BCUT2D eigenvalue weighted by Gasteiger charge is 2.34. The van der Waals surface area contributed by atoms with E-state index < -0.39 is 66.1 Å². The molecule has 0 bridgehead atoms. The van der Waals surface area contributed by atoms with Crippen LogP contribution in [0.2, 0.25) is 5.02 Å². The number of rotatable bonds is 4. The fourth-order valence-corrected chi connectivity index (χ4v) is 4.61. The Bertz CT molecular complexity index is 1660. The van der Waals surface area contributed by atoms with Crippen LogP contribution in [0.4, 0.5) is 26.3 Å². The first-order valence-corrected chi connectivity index (χ1v) is 12.0. The standard InChI is InChI=1S/C21H13ClF6N4O3S/c1-2-36(34,35)16-8-12(11-3-4-15(22)14(7-11)21(26,27)28)10-29-18(16)32-19(33)31-6-5-13(20(23,24)25)9-17(31)30-32/h3-10H,2H2,1H3. The minimum atomic E-state index is -4.78. The van der Waals surface area contributed by atoms with E-state index in [0.29, 0.717) is 16.8 Å². The molecule has 7 nitrogen and oxygen atoms in total. The van der Waals surface area contributed by atoms with E-state index in [4.69, 9.17) is 11.6 Å². The molecule has 0 atom stereocenters. The molecule has 4 aromatic rings. The molecule has 0 fully saturated rings. The molecule has 0 radical (unpaired) electrons. The lowest BCUT2D eigenvalue weighted by atomic mass is 10.0. The van der Waals surface area contributed by atoms with Crippen molar-refractivity contribution in [2.24, 2.45) is 0 Å². The summed E-state index contributed by atoms with van der Waals surface area (Å²) in [5.41, 5.74) is -3.76. The Labute approximate surface area is 203 Å². The number of hydrogen-bond acceptors (Lipinski definition) is 5. The lowest BCUT2D eigenvalue weighted by molar-refractivity contribution is -0.138. The minimum Gasteiger partial charge on any atom is -0.250 e. The van der Waals surface area contributed by atoms with Crippen LogP contribution in [0.15, 0.2) is 58.5 Å². The van der Waals surface area contributed by atoms with E-state index in [1.54, 1.807) is 0 Å². The largest absolute Gasteiger partial charge is 0.417 e. The predicted octanol–water partition coefficient (Wildman–Crippen LogP) is 5.03. The van der Waals surface area contributed by atoms with Gasteiger partial charge in [0.15, 0.2) is 21.3 Å². The second-order valence-electron chi connectivity index (χ2n) is 7.48. The van der Waals surface area contributed by atoms with Gasteiger partial charge in [0, 0.05) is 18.0 Å². The summed E-state index contributed by atoms with van der Waals surface area (Å²) in [4.78, 5) is 16.2. The molecule has 0 spiro atoms. The predicted molar refractivity (Wildman–Crippen MR) is 117 cm³/mol. The first-order chi connectivity index (χ1) is 16.6. The molecule has 0 unspecified atom stereocenters. The van der Waals surface area contributed by atoms with E-state index in [2.05, 4.69) is 10.1 Å². The van der Waals surface area contributed by atoms with Crippen molar-refractivity contribution in [3.8, 4) is 16.9 Å². The summed E-state index contributed by atoms with van der Waals surface area (Å²) in [6, 6.07) is 5.21. The molecular formula is C21H13ClF6N4O3S. The van der Waals surface area contributed by atoms with E-state index in [9.17, 15) is 39.6 Å². The summed E-state index contributed by atoms with van der Waals surface area (Å²) in [5, 5.41) is 3.24. The number of nitrogens with zero attached hydrogens (tertiary/aromatic N) is 4. The first-order valence-electron chi connectivity index (χ1n) is 9.92. The van der Waals surface area contributed by atoms with Gasteiger partial charge in [-0.05, 0) is 35.9 Å². The van der Waals surface area contributed by atoms with E-state index in [0.717, 1.165) is 35.0 Å². The number of pyridine rings is 2. The molecule has 0 saturated carbocycles. The van der Waals surface area contributed by atoms with Crippen LogP contribution in [0.3, 0.4) is 0 Å². The average molecular weight is 551 g/mol. The molecule has 0 amide bonds. The lowest BCUT2D eigenvalue weighted by Gasteiger charge is -2.13. The highest BCUT2D eigenvalue weighted by molar-refractivity contribution is 7.91. The number of sulfone groups is 1. The number of aromatic nitrogens is 4. The quantitative estimate of drug-likeness (QED) is 0.333. The van der Waals surface area contributed by atoms with Crippen LogP contribution < -0.4 is 5.69 Å². The number of hydrogen-bond donors (Lipinski definition) is 0. The Morgan fingerprint density at radius 1 is 0.972 bits per heavy atom. The van der Waals surface area contributed by atoms with Crippen LogP contribution in [0.5, 0.6) is 0 Å². The number of fused-ring (bicyclic) bond motifs is 1. The summed E-state index contributed by atoms with van der Waals surface area (Å²) in [6.07, 6.45) is -7.65. The van der Waals surface area contributed by atoms with Crippen LogP contribution >= 0.6 is 11.6 Å². The van der Waals surface area contributed by atoms with Gasteiger partial charge >= 0.3 is 18.0 Å². The van der Waals surface area contributed by atoms with E-state index in [-0.39, 0.29) is 11.1 Å². The van der Waals surface area contributed by atoms with E-state index >= 15 is 0 Å². The molecular weight excluding hydrogens is 538 g/mol. The Kier molecular flexibility index (Phi) is 6.15. The van der Waals surface area contributed by atoms with Gasteiger partial charge in [-0.15, -0.1) is 5.10 Å². The van der Waals surface area contributed by atoms with Crippen LogP contribution in [0.25, 0.3) is 22.6 Å². The molecule has 4 rings (SSSR count). The third-order valence-electron chi connectivity index (χ3n) is 5.21. The topological polar surface area (TPSA) is 86.3 Å². The van der Waals surface area contributed by atoms with Gasteiger partial charge in [0.1, 0.15) is 4.90 Å². The average Bonchev–Trinajstić information content (AvgIpc) is 3.13. The maximum atomic E-state index is 13.3.